The number of fused-ring (bicyclic) bond motifs is 1. The number of pyridine rings is 1. The van der Waals surface area contributed by atoms with E-state index < -0.39 is 0 Å². The first-order chi connectivity index (χ1) is 9.65. The van der Waals surface area contributed by atoms with Gasteiger partial charge in [0.2, 0.25) is 0 Å². The SMILES string of the molecule is Cc1cc2ccccc2nc1NCC(C)N(C)C1CC1. The Hall–Kier alpha value is -1.61. The molecule has 3 nitrogen and oxygen atoms in total. The molecule has 0 radical (unpaired) electrons. The highest BCUT2D eigenvalue weighted by atomic mass is 15.2. The molecule has 1 N–H and O–H groups in total. The van der Waals surface area contributed by atoms with Crippen LogP contribution in [0.2, 0.25) is 0 Å². The molecular formula is C17H23N3. The van der Waals surface area contributed by atoms with Crippen LogP contribution in [0.15, 0.2) is 30.3 Å². The maximum absolute atomic E-state index is 4.74. The van der Waals surface area contributed by atoms with Crippen LogP contribution in [0.5, 0.6) is 0 Å². The zero-order valence-electron chi connectivity index (χ0n) is 12.6. The summed E-state index contributed by atoms with van der Waals surface area (Å²) in [7, 11) is 2.23. The third-order valence-corrected chi connectivity index (χ3v) is 4.30. The van der Waals surface area contributed by atoms with Crippen LogP contribution in [0.25, 0.3) is 10.9 Å². The van der Waals surface area contributed by atoms with Gasteiger partial charge in [-0.05, 0) is 51.4 Å². The van der Waals surface area contributed by atoms with Gasteiger partial charge in [0.15, 0.2) is 0 Å². The standard InChI is InChI=1S/C17H23N3/c1-12-10-14-6-4-5-7-16(14)19-17(12)18-11-13(2)20(3)15-8-9-15/h4-7,10,13,15H,8-9,11H2,1-3H3,(H,18,19). The second-order valence-electron chi connectivity index (χ2n) is 5.97. The fraction of sp³-hybridized carbons (Fsp3) is 0.471. The molecule has 3 heteroatoms. The minimum atomic E-state index is 0.537. The molecule has 1 heterocycles. The van der Waals surface area contributed by atoms with Crippen LogP contribution in [0, 0.1) is 6.92 Å². The molecule has 2 aromatic rings. The molecule has 1 atom stereocenters. The second kappa shape index (κ2) is 5.41. The van der Waals surface area contributed by atoms with E-state index in [0.29, 0.717) is 6.04 Å². The van der Waals surface area contributed by atoms with Gasteiger partial charge in [0.25, 0.3) is 0 Å². The van der Waals surface area contributed by atoms with Crippen molar-refractivity contribution in [1.82, 2.24) is 9.88 Å². The normalized spacial score (nSPS) is 16.6. The van der Waals surface area contributed by atoms with Crippen LogP contribution in [0.1, 0.15) is 25.3 Å². The molecule has 1 saturated carbocycles. The number of aryl methyl sites for hydroxylation is 1. The molecule has 1 aromatic heterocycles. The summed E-state index contributed by atoms with van der Waals surface area (Å²) in [4.78, 5) is 7.21. The zero-order valence-corrected chi connectivity index (χ0v) is 12.6. The largest absolute Gasteiger partial charge is 0.368 e. The average Bonchev–Trinajstić information content (AvgIpc) is 3.28. The molecule has 0 saturated heterocycles. The number of hydrogen-bond donors (Lipinski definition) is 1. The van der Waals surface area contributed by atoms with Crippen molar-refractivity contribution in [2.75, 3.05) is 18.9 Å². The van der Waals surface area contributed by atoms with Crippen LogP contribution >= 0.6 is 0 Å². The molecule has 1 aliphatic rings. The summed E-state index contributed by atoms with van der Waals surface area (Å²) in [6.07, 6.45) is 2.71. The Bertz CT molecular complexity index is 604. The smallest absolute Gasteiger partial charge is 0.129 e. The van der Waals surface area contributed by atoms with Crippen LogP contribution in [-0.4, -0.2) is 35.6 Å². The number of anilines is 1. The predicted octanol–water partition coefficient (Wildman–Crippen LogP) is 3.44. The van der Waals surface area contributed by atoms with Crippen molar-refractivity contribution in [2.24, 2.45) is 0 Å². The van der Waals surface area contributed by atoms with Gasteiger partial charge in [-0.25, -0.2) is 4.98 Å². The van der Waals surface area contributed by atoms with Gasteiger partial charge < -0.3 is 5.32 Å². The first-order valence-electron chi connectivity index (χ1n) is 7.47. The molecule has 1 fully saturated rings. The van der Waals surface area contributed by atoms with E-state index >= 15 is 0 Å². The molecule has 0 spiro atoms. The lowest BCUT2D eigenvalue weighted by Crippen LogP contribution is -2.36. The molecule has 20 heavy (non-hydrogen) atoms. The van der Waals surface area contributed by atoms with Gasteiger partial charge in [-0.3, -0.25) is 4.90 Å². The number of likely N-dealkylation sites (N-methyl/N-ethyl adjacent to an activating group) is 1. The summed E-state index contributed by atoms with van der Waals surface area (Å²) in [6, 6.07) is 11.8. The Kier molecular flexibility index (Phi) is 3.62. The van der Waals surface area contributed by atoms with E-state index in [-0.39, 0.29) is 0 Å². The maximum atomic E-state index is 4.74. The Morgan fingerprint density at radius 2 is 2.10 bits per heavy atom. The van der Waals surface area contributed by atoms with Crippen LogP contribution in [-0.2, 0) is 0 Å². The summed E-state index contributed by atoms with van der Waals surface area (Å²) < 4.78 is 0. The fourth-order valence-electron chi connectivity index (χ4n) is 2.63. The first kappa shape index (κ1) is 13.4. The average molecular weight is 269 g/mol. The van der Waals surface area contributed by atoms with Gasteiger partial charge in [-0.15, -0.1) is 0 Å². The Morgan fingerprint density at radius 1 is 1.35 bits per heavy atom. The third kappa shape index (κ3) is 2.78. The van der Waals surface area contributed by atoms with Crippen molar-refractivity contribution in [3.05, 3.63) is 35.9 Å². The summed E-state index contributed by atoms with van der Waals surface area (Å²) in [5.41, 5.74) is 2.27. The third-order valence-electron chi connectivity index (χ3n) is 4.30. The van der Waals surface area contributed by atoms with Crippen molar-refractivity contribution in [1.29, 1.82) is 0 Å². The zero-order chi connectivity index (χ0) is 14.1. The molecule has 0 bridgehead atoms. The highest BCUT2D eigenvalue weighted by Crippen LogP contribution is 2.27. The van der Waals surface area contributed by atoms with Gasteiger partial charge in [0, 0.05) is 24.0 Å². The first-order valence-corrected chi connectivity index (χ1v) is 7.47. The highest BCUT2D eigenvalue weighted by molar-refractivity contribution is 5.81. The van der Waals surface area contributed by atoms with Crippen molar-refractivity contribution in [2.45, 2.75) is 38.8 Å². The van der Waals surface area contributed by atoms with E-state index in [9.17, 15) is 0 Å². The number of para-hydroxylation sites is 1. The van der Waals surface area contributed by atoms with E-state index in [1.54, 1.807) is 0 Å². The lowest BCUT2D eigenvalue weighted by atomic mass is 10.1. The Labute approximate surface area is 121 Å². The number of rotatable bonds is 5. The summed E-state index contributed by atoms with van der Waals surface area (Å²) >= 11 is 0. The summed E-state index contributed by atoms with van der Waals surface area (Å²) in [5.74, 6) is 1.01. The minimum Gasteiger partial charge on any atom is -0.368 e. The van der Waals surface area contributed by atoms with Gasteiger partial charge >= 0.3 is 0 Å². The molecule has 1 aliphatic carbocycles. The molecule has 106 valence electrons. The Morgan fingerprint density at radius 3 is 2.85 bits per heavy atom. The Balaban J connectivity index is 1.71. The minimum absolute atomic E-state index is 0.537. The van der Waals surface area contributed by atoms with Gasteiger partial charge in [0.05, 0.1) is 5.52 Å². The van der Waals surface area contributed by atoms with Crippen LogP contribution < -0.4 is 5.32 Å². The van der Waals surface area contributed by atoms with E-state index in [1.165, 1.54) is 23.8 Å². The number of nitrogens with one attached hydrogen (secondary N) is 1. The van der Waals surface area contributed by atoms with Crippen LogP contribution in [0.4, 0.5) is 5.82 Å². The fourth-order valence-corrected chi connectivity index (χ4v) is 2.63. The topological polar surface area (TPSA) is 28.2 Å². The van der Waals surface area contributed by atoms with E-state index in [2.05, 4.69) is 55.4 Å². The van der Waals surface area contributed by atoms with Crippen molar-refractivity contribution < 1.29 is 0 Å². The lowest BCUT2D eigenvalue weighted by molar-refractivity contribution is 0.257. The van der Waals surface area contributed by atoms with Gasteiger partial charge in [-0.1, -0.05) is 18.2 Å². The highest BCUT2D eigenvalue weighted by Gasteiger charge is 2.28. The second-order valence-corrected chi connectivity index (χ2v) is 5.97. The molecule has 1 aromatic carbocycles. The molecular weight excluding hydrogens is 246 g/mol. The monoisotopic (exact) mass is 269 g/mol. The number of aromatic nitrogens is 1. The lowest BCUT2D eigenvalue weighted by Gasteiger charge is -2.25. The van der Waals surface area contributed by atoms with Crippen molar-refractivity contribution in [3.8, 4) is 0 Å². The number of benzene rings is 1. The summed E-state index contributed by atoms with van der Waals surface area (Å²) in [6.45, 7) is 5.35. The quantitative estimate of drug-likeness (QED) is 0.901. The number of hydrogen-bond acceptors (Lipinski definition) is 3. The number of nitrogens with zero attached hydrogens (tertiary/aromatic N) is 2. The maximum Gasteiger partial charge on any atom is 0.129 e. The molecule has 1 unspecified atom stereocenters. The van der Waals surface area contributed by atoms with E-state index in [0.717, 1.165) is 23.9 Å². The summed E-state index contributed by atoms with van der Waals surface area (Å²) in [5, 5.41) is 4.72. The molecule has 0 aliphatic heterocycles. The van der Waals surface area contributed by atoms with Crippen molar-refractivity contribution >= 4 is 16.7 Å². The van der Waals surface area contributed by atoms with Gasteiger partial charge in [0.1, 0.15) is 5.82 Å². The molecule has 3 rings (SSSR count). The predicted molar refractivity (Wildman–Crippen MR) is 85.2 cm³/mol. The molecule has 0 amide bonds. The van der Waals surface area contributed by atoms with Gasteiger partial charge in [-0.2, -0.15) is 0 Å². The van der Waals surface area contributed by atoms with E-state index in [4.69, 9.17) is 4.98 Å². The van der Waals surface area contributed by atoms with E-state index in [1.807, 2.05) is 6.07 Å². The van der Waals surface area contributed by atoms with Crippen LogP contribution in [0.3, 0.4) is 0 Å². The van der Waals surface area contributed by atoms with Crippen molar-refractivity contribution in [3.63, 3.8) is 0 Å².